The van der Waals surface area contributed by atoms with Crippen LogP contribution in [0.25, 0.3) is 0 Å². The van der Waals surface area contributed by atoms with Crippen LogP contribution >= 0.6 is 0 Å². The van der Waals surface area contributed by atoms with Gasteiger partial charge in [0.2, 0.25) is 0 Å². The minimum absolute atomic E-state index is 0.298. The van der Waals surface area contributed by atoms with Crippen LogP contribution in [0, 0.1) is 6.92 Å². The van der Waals surface area contributed by atoms with E-state index in [-0.39, 0.29) is 0 Å². The van der Waals surface area contributed by atoms with Gasteiger partial charge >= 0.3 is 0 Å². The van der Waals surface area contributed by atoms with E-state index >= 15 is 0 Å². The average molecular weight is 316 g/mol. The molecule has 3 aliphatic rings. The van der Waals surface area contributed by atoms with E-state index in [0.717, 1.165) is 38.5 Å². The van der Waals surface area contributed by atoms with Crippen molar-refractivity contribution in [1.82, 2.24) is 19.8 Å². The van der Waals surface area contributed by atoms with E-state index in [1.165, 1.54) is 56.7 Å². The molecule has 2 saturated heterocycles. The highest BCUT2D eigenvalue weighted by Gasteiger charge is 2.43. The molecule has 1 spiro atoms. The van der Waals surface area contributed by atoms with E-state index in [4.69, 9.17) is 9.72 Å². The first kappa shape index (κ1) is 15.5. The molecule has 0 aromatic carbocycles. The zero-order valence-electron chi connectivity index (χ0n) is 14.3. The van der Waals surface area contributed by atoms with Gasteiger partial charge in [0.1, 0.15) is 5.82 Å². The summed E-state index contributed by atoms with van der Waals surface area (Å²) in [6.07, 6.45) is 7.08. The lowest BCUT2D eigenvalue weighted by Crippen LogP contribution is -2.48. The lowest BCUT2D eigenvalue weighted by molar-refractivity contribution is 0.0295. The van der Waals surface area contributed by atoms with Crippen molar-refractivity contribution in [3.05, 3.63) is 23.3 Å². The molecule has 23 heavy (non-hydrogen) atoms. The smallest absolute Gasteiger partial charge is 0.125 e. The second kappa shape index (κ2) is 6.46. The van der Waals surface area contributed by atoms with Crippen LogP contribution in [0.3, 0.4) is 0 Å². The Bertz CT molecular complexity index is 554. The van der Waals surface area contributed by atoms with Crippen LogP contribution in [-0.4, -0.2) is 72.3 Å². The van der Waals surface area contributed by atoms with Gasteiger partial charge in [0, 0.05) is 44.3 Å². The van der Waals surface area contributed by atoms with Gasteiger partial charge in [0.05, 0.1) is 18.9 Å². The van der Waals surface area contributed by atoms with E-state index in [9.17, 15) is 0 Å². The normalized spacial score (nSPS) is 29.1. The fourth-order valence-electron chi connectivity index (χ4n) is 4.55. The molecule has 1 aliphatic carbocycles. The lowest BCUT2D eigenvalue weighted by Gasteiger charge is -2.41. The van der Waals surface area contributed by atoms with Crippen molar-refractivity contribution in [3.63, 3.8) is 0 Å². The summed E-state index contributed by atoms with van der Waals surface area (Å²) < 4.78 is 5.45. The molecule has 0 amide bonds. The first-order chi connectivity index (χ1) is 11.3. The highest BCUT2D eigenvalue weighted by atomic mass is 16.5. The highest BCUT2D eigenvalue weighted by molar-refractivity contribution is 5.33. The topological polar surface area (TPSA) is 41.5 Å². The molecule has 4 rings (SSSR count). The molecule has 5 heteroatoms. The molecule has 126 valence electrons. The van der Waals surface area contributed by atoms with Crippen LogP contribution in [0.15, 0.2) is 6.20 Å². The van der Waals surface area contributed by atoms with Crippen molar-refractivity contribution >= 4 is 0 Å². The summed E-state index contributed by atoms with van der Waals surface area (Å²) in [5.74, 6) is 0.926. The number of likely N-dealkylation sites (tertiary alicyclic amines) is 1. The molecule has 1 unspecified atom stereocenters. The number of ether oxygens (including phenoxy) is 1. The fourth-order valence-corrected chi connectivity index (χ4v) is 4.55. The van der Waals surface area contributed by atoms with E-state index in [1.54, 1.807) is 0 Å². The molecule has 3 heterocycles. The van der Waals surface area contributed by atoms with Crippen LogP contribution in [0.5, 0.6) is 0 Å². The van der Waals surface area contributed by atoms with Crippen LogP contribution < -0.4 is 0 Å². The minimum Gasteiger partial charge on any atom is -0.379 e. The van der Waals surface area contributed by atoms with Gasteiger partial charge in [-0.1, -0.05) is 0 Å². The highest BCUT2D eigenvalue weighted by Crippen LogP contribution is 2.43. The molecule has 0 bridgehead atoms. The summed E-state index contributed by atoms with van der Waals surface area (Å²) in [7, 11) is 0. The van der Waals surface area contributed by atoms with Gasteiger partial charge in [0.15, 0.2) is 0 Å². The van der Waals surface area contributed by atoms with Gasteiger partial charge in [-0.05, 0) is 44.7 Å². The van der Waals surface area contributed by atoms with Gasteiger partial charge in [-0.15, -0.1) is 0 Å². The maximum absolute atomic E-state index is 5.45. The largest absolute Gasteiger partial charge is 0.379 e. The Labute approximate surface area is 139 Å². The zero-order valence-corrected chi connectivity index (χ0v) is 14.3. The van der Waals surface area contributed by atoms with Crippen molar-refractivity contribution in [3.8, 4) is 0 Å². The van der Waals surface area contributed by atoms with Crippen LogP contribution in [0.4, 0.5) is 0 Å². The predicted molar refractivity (Wildman–Crippen MR) is 89.7 cm³/mol. The van der Waals surface area contributed by atoms with E-state index in [1.807, 2.05) is 6.92 Å². The molecular formula is C18H28N4O. The molecule has 1 atom stereocenters. The van der Waals surface area contributed by atoms with E-state index < -0.39 is 0 Å². The number of aryl methyl sites for hydroxylation is 2. The number of morpholine rings is 1. The third kappa shape index (κ3) is 3.14. The number of fused-ring (bicyclic) bond motifs is 2. The number of hydrogen-bond donors (Lipinski definition) is 0. The molecule has 0 N–H and O–H groups in total. The summed E-state index contributed by atoms with van der Waals surface area (Å²) in [6, 6.07) is 0. The Morgan fingerprint density at radius 3 is 2.83 bits per heavy atom. The summed E-state index contributed by atoms with van der Waals surface area (Å²) in [6.45, 7) is 10.8. The van der Waals surface area contributed by atoms with Gasteiger partial charge in [0.25, 0.3) is 0 Å². The van der Waals surface area contributed by atoms with E-state index in [2.05, 4.69) is 21.0 Å². The Morgan fingerprint density at radius 2 is 1.96 bits per heavy atom. The summed E-state index contributed by atoms with van der Waals surface area (Å²) in [4.78, 5) is 14.5. The molecule has 1 aromatic heterocycles. The van der Waals surface area contributed by atoms with Crippen molar-refractivity contribution in [2.45, 2.75) is 38.0 Å². The minimum atomic E-state index is 0.298. The van der Waals surface area contributed by atoms with Crippen LogP contribution in [0.2, 0.25) is 0 Å². The van der Waals surface area contributed by atoms with Gasteiger partial charge in [-0.2, -0.15) is 0 Å². The van der Waals surface area contributed by atoms with Crippen molar-refractivity contribution < 1.29 is 4.74 Å². The number of nitrogens with zero attached hydrogens (tertiary/aromatic N) is 4. The molecule has 5 nitrogen and oxygen atoms in total. The first-order valence-electron chi connectivity index (χ1n) is 9.11. The SMILES string of the molecule is Cc1ncc2c(n1)C1(CCCN(CCN3CCOCC3)C1)CC2. The third-order valence-corrected chi connectivity index (χ3v) is 5.85. The first-order valence-corrected chi connectivity index (χ1v) is 9.11. The molecule has 0 saturated carbocycles. The number of rotatable bonds is 3. The maximum Gasteiger partial charge on any atom is 0.125 e. The molecule has 2 aliphatic heterocycles. The van der Waals surface area contributed by atoms with Crippen LogP contribution in [0.1, 0.15) is 36.3 Å². The molecule has 2 fully saturated rings. The third-order valence-electron chi connectivity index (χ3n) is 5.85. The fraction of sp³-hybridized carbons (Fsp3) is 0.778. The Kier molecular flexibility index (Phi) is 4.35. The number of hydrogen-bond acceptors (Lipinski definition) is 5. The Morgan fingerprint density at radius 1 is 1.13 bits per heavy atom. The standard InChI is InChI=1S/C18H28N4O/c1-15-19-13-16-3-5-18(17(16)20-15)4-2-6-22(14-18)8-7-21-9-11-23-12-10-21/h13H,2-12,14H2,1H3. The van der Waals surface area contributed by atoms with Gasteiger partial charge in [-0.25, -0.2) is 9.97 Å². The van der Waals surface area contributed by atoms with Gasteiger partial charge < -0.3 is 9.64 Å². The van der Waals surface area contributed by atoms with Crippen molar-refractivity contribution in [2.24, 2.45) is 0 Å². The summed E-state index contributed by atoms with van der Waals surface area (Å²) >= 11 is 0. The van der Waals surface area contributed by atoms with Crippen LogP contribution in [-0.2, 0) is 16.6 Å². The quantitative estimate of drug-likeness (QED) is 0.843. The average Bonchev–Trinajstić information content (AvgIpc) is 2.92. The maximum atomic E-state index is 5.45. The Balaban J connectivity index is 1.42. The van der Waals surface area contributed by atoms with Crippen molar-refractivity contribution in [1.29, 1.82) is 0 Å². The Hall–Kier alpha value is -1.04. The second-order valence-corrected chi connectivity index (χ2v) is 7.41. The summed E-state index contributed by atoms with van der Waals surface area (Å²) in [5.41, 5.74) is 3.05. The number of aromatic nitrogens is 2. The van der Waals surface area contributed by atoms with Crippen molar-refractivity contribution in [2.75, 3.05) is 52.5 Å². The zero-order chi connectivity index (χ0) is 15.7. The molecular weight excluding hydrogens is 288 g/mol. The van der Waals surface area contributed by atoms with E-state index in [0.29, 0.717) is 5.41 Å². The number of piperidine rings is 1. The predicted octanol–water partition coefficient (Wildman–Crippen LogP) is 1.40. The lowest BCUT2D eigenvalue weighted by atomic mass is 9.77. The summed E-state index contributed by atoms with van der Waals surface area (Å²) in [5, 5.41) is 0. The molecule has 0 radical (unpaired) electrons. The second-order valence-electron chi connectivity index (χ2n) is 7.41. The molecule has 1 aromatic rings. The monoisotopic (exact) mass is 316 g/mol. The van der Waals surface area contributed by atoms with Gasteiger partial charge in [-0.3, -0.25) is 4.90 Å².